The van der Waals surface area contributed by atoms with Crippen LogP contribution >= 0.6 is 0 Å². The highest BCUT2D eigenvalue weighted by atomic mass is 19.4. The Morgan fingerprint density at radius 3 is 2.32 bits per heavy atom. The van der Waals surface area contributed by atoms with Crippen molar-refractivity contribution in [3.63, 3.8) is 0 Å². The van der Waals surface area contributed by atoms with Crippen LogP contribution in [0.4, 0.5) is 23.7 Å². The molecule has 1 aliphatic rings. The quantitative estimate of drug-likeness (QED) is 0.362. The number of fused-ring (bicyclic) bond motifs is 2. The number of carbonyl (C=O) groups excluding carboxylic acids is 2. The highest BCUT2D eigenvalue weighted by molar-refractivity contribution is 6.03. The molecular formula is C29H41F3N2O7. The monoisotopic (exact) mass is 586 g/mol. The number of hydrogen-bond acceptors (Lipinski definition) is 7. The molecule has 1 aliphatic heterocycles. The van der Waals surface area contributed by atoms with E-state index in [4.69, 9.17) is 19.9 Å². The molecule has 12 heteroatoms. The molecule has 6 atom stereocenters. The minimum absolute atomic E-state index is 0.00910. The van der Waals surface area contributed by atoms with Crippen molar-refractivity contribution >= 4 is 17.7 Å². The number of phenolic OH excluding ortho intramolecular Hbond substituents is 1. The minimum atomic E-state index is -4.83. The van der Waals surface area contributed by atoms with E-state index < -0.39 is 65.7 Å². The Bertz CT molecular complexity index is 1140. The fourth-order valence-corrected chi connectivity index (χ4v) is 5.19. The Kier molecular flexibility index (Phi) is 12.2. The average Bonchev–Trinajstić information content (AvgIpc) is 2.86. The van der Waals surface area contributed by atoms with Crippen LogP contribution in [0.25, 0.3) is 0 Å². The summed E-state index contributed by atoms with van der Waals surface area (Å²) in [7, 11) is 2.85. The molecular weight excluding hydrogens is 545 g/mol. The second-order valence-corrected chi connectivity index (χ2v) is 10.7. The molecule has 0 saturated heterocycles. The van der Waals surface area contributed by atoms with E-state index in [2.05, 4.69) is 5.32 Å². The SMILES string of the molecule is CO[C@H]1C[C@H](C)Cc2cc(cc(O)c2C(F)(F)F)NC(=O)/C(C)=C/CC[C@H](OC)[C@@H](OC(N)=O)/C(C)=C/[C@H](C)[C@H]1O. The van der Waals surface area contributed by atoms with Gasteiger partial charge in [-0.25, -0.2) is 4.79 Å². The number of aromatic hydroxyl groups is 1. The number of primary amides is 1. The van der Waals surface area contributed by atoms with Crippen molar-refractivity contribution in [1.82, 2.24) is 0 Å². The van der Waals surface area contributed by atoms with Crippen molar-refractivity contribution in [3.05, 3.63) is 46.6 Å². The molecule has 41 heavy (non-hydrogen) atoms. The van der Waals surface area contributed by atoms with Gasteiger partial charge in [0, 0.05) is 37.5 Å². The first kappa shape index (κ1) is 34.1. The number of aliphatic hydroxyl groups excluding tert-OH is 1. The van der Waals surface area contributed by atoms with Gasteiger partial charge in [-0.05, 0) is 62.7 Å². The molecule has 2 rings (SSSR count). The molecule has 0 aromatic heterocycles. The van der Waals surface area contributed by atoms with Gasteiger partial charge in [-0.2, -0.15) is 13.2 Å². The Balaban J connectivity index is 2.59. The number of carbonyl (C=O) groups is 2. The predicted molar refractivity (Wildman–Crippen MR) is 147 cm³/mol. The predicted octanol–water partition coefficient (Wildman–Crippen LogP) is 5.10. The van der Waals surface area contributed by atoms with E-state index in [1.54, 1.807) is 39.8 Å². The molecule has 0 saturated carbocycles. The molecule has 2 amide bonds. The maximum Gasteiger partial charge on any atom is 0.420 e. The molecule has 1 aromatic carbocycles. The normalized spacial score (nSPS) is 30.0. The van der Waals surface area contributed by atoms with Crippen molar-refractivity contribution in [3.8, 4) is 5.75 Å². The van der Waals surface area contributed by atoms with Crippen molar-refractivity contribution in [2.75, 3.05) is 19.5 Å². The molecule has 9 nitrogen and oxygen atoms in total. The van der Waals surface area contributed by atoms with Gasteiger partial charge in [0.05, 0.1) is 18.3 Å². The fraction of sp³-hybridized carbons (Fsp3) is 0.586. The number of methoxy groups -OCH3 is 2. The summed E-state index contributed by atoms with van der Waals surface area (Å²) in [6, 6.07) is 2.08. The van der Waals surface area contributed by atoms with E-state index in [1.165, 1.54) is 20.3 Å². The second-order valence-electron chi connectivity index (χ2n) is 10.7. The number of benzene rings is 1. The van der Waals surface area contributed by atoms with E-state index in [9.17, 15) is 33.0 Å². The van der Waals surface area contributed by atoms with Gasteiger partial charge in [-0.15, -0.1) is 0 Å². The number of amides is 2. The van der Waals surface area contributed by atoms with Crippen molar-refractivity contribution in [2.24, 2.45) is 17.6 Å². The lowest BCUT2D eigenvalue weighted by molar-refractivity contribution is -0.139. The third-order valence-electron chi connectivity index (χ3n) is 7.28. The smallest absolute Gasteiger partial charge is 0.420 e. The Labute approximate surface area is 238 Å². The first-order chi connectivity index (χ1) is 19.1. The largest absolute Gasteiger partial charge is 0.507 e. The van der Waals surface area contributed by atoms with Gasteiger partial charge >= 0.3 is 12.3 Å². The standard InChI is InChI=1S/C29H41F3N2O7/c1-15-10-19-13-20(14-21(35)24(19)29(30,31)32)34-27(37)16(2)8-7-9-22(39-5)26(41-28(33)38)18(4)12-17(3)25(36)23(11-15)40-6/h8,12-15,17,22-23,25-26,35-36H,7,9-11H2,1-6H3,(H2,33,38)(H,34,37)/b16-8+,18-12+/t15-,17+,22+,23+,25-,26+/m1/s1. The zero-order valence-corrected chi connectivity index (χ0v) is 24.2. The number of rotatable bonds is 3. The Morgan fingerprint density at radius 1 is 1.12 bits per heavy atom. The number of anilines is 1. The first-order valence-corrected chi connectivity index (χ1v) is 13.4. The van der Waals surface area contributed by atoms with E-state index in [-0.39, 0.29) is 29.7 Å². The van der Waals surface area contributed by atoms with Crippen LogP contribution < -0.4 is 11.1 Å². The van der Waals surface area contributed by atoms with Crippen LogP contribution in [0.3, 0.4) is 0 Å². The molecule has 1 heterocycles. The second kappa shape index (κ2) is 14.7. The third-order valence-corrected chi connectivity index (χ3v) is 7.28. The first-order valence-electron chi connectivity index (χ1n) is 13.4. The van der Waals surface area contributed by atoms with Gasteiger partial charge in [-0.1, -0.05) is 26.0 Å². The van der Waals surface area contributed by atoms with E-state index in [0.717, 1.165) is 6.07 Å². The number of hydrogen-bond donors (Lipinski definition) is 4. The maximum absolute atomic E-state index is 13.9. The zero-order valence-electron chi connectivity index (χ0n) is 24.2. The Morgan fingerprint density at radius 2 is 1.76 bits per heavy atom. The van der Waals surface area contributed by atoms with Gasteiger partial charge in [0.1, 0.15) is 11.3 Å². The number of ether oxygens (including phenoxy) is 3. The van der Waals surface area contributed by atoms with Gasteiger partial charge in [0.15, 0.2) is 6.10 Å². The highest BCUT2D eigenvalue weighted by Crippen LogP contribution is 2.41. The molecule has 5 N–H and O–H groups in total. The highest BCUT2D eigenvalue weighted by Gasteiger charge is 2.38. The fourth-order valence-electron chi connectivity index (χ4n) is 5.19. The summed E-state index contributed by atoms with van der Waals surface area (Å²) < 4.78 is 58.2. The summed E-state index contributed by atoms with van der Waals surface area (Å²) in [6.07, 6.45) is -5.08. The Hall–Kier alpha value is -3.09. The zero-order chi connectivity index (χ0) is 31.1. The summed E-state index contributed by atoms with van der Waals surface area (Å²) >= 11 is 0. The van der Waals surface area contributed by atoms with E-state index in [1.807, 2.05) is 0 Å². The molecule has 0 fully saturated rings. The van der Waals surface area contributed by atoms with Crippen molar-refractivity contribution < 1.29 is 47.2 Å². The lowest BCUT2D eigenvalue weighted by Crippen LogP contribution is -2.37. The number of aliphatic hydroxyl groups is 1. The van der Waals surface area contributed by atoms with E-state index >= 15 is 0 Å². The van der Waals surface area contributed by atoms with Gasteiger partial charge in [0.2, 0.25) is 0 Å². The van der Waals surface area contributed by atoms with Crippen molar-refractivity contribution in [1.29, 1.82) is 0 Å². The maximum atomic E-state index is 13.9. The van der Waals surface area contributed by atoms with Crippen LogP contribution in [-0.4, -0.2) is 60.8 Å². The van der Waals surface area contributed by atoms with Crippen LogP contribution in [0.5, 0.6) is 5.75 Å². The lowest BCUT2D eigenvalue weighted by atomic mass is 9.87. The number of phenols is 1. The number of nitrogens with one attached hydrogen (secondary N) is 1. The summed E-state index contributed by atoms with van der Waals surface area (Å²) in [5.41, 5.74) is 4.82. The molecule has 0 unspecified atom stereocenters. The average molecular weight is 587 g/mol. The summed E-state index contributed by atoms with van der Waals surface area (Å²) in [5, 5.41) is 24.0. The molecule has 1 aromatic rings. The number of allylic oxidation sites excluding steroid dienone is 1. The summed E-state index contributed by atoms with van der Waals surface area (Å²) in [4.78, 5) is 24.5. The number of halogens is 3. The van der Waals surface area contributed by atoms with Crippen LogP contribution in [-0.2, 0) is 31.6 Å². The lowest BCUT2D eigenvalue weighted by Gasteiger charge is -2.30. The molecule has 230 valence electrons. The van der Waals surface area contributed by atoms with Crippen LogP contribution in [0.2, 0.25) is 0 Å². The van der Waals surface area contributed by atoms with Gasteiger partial charge in [-0.3, -0.25) is 4.79 Å². The molecule has 2 bridgehead atoms. The van der Waals surface area contributed by atoms with Gasteiger partial charge in [0.25, 0.3) is 5.91 Å². The van der Waals surface area contributed by atoms with Crippen LogP contribution in [0, 0.1) is 11.8 Å². The topological polar surface area (TPSA) is 140 Å². The number of alkyl halides is 3. The summed E-state index contributed by atoms with van der Waals surface area (Å²) in [6.45, 7) is 6.71. The number of nitrogens with two attached hydrogens (primary N) is 1. The molecule has 0 aliphatic carbocycles. The molecule has 0 spiro atoms. The molecule has 0 radical (unpaired) electrons. The van der Waals surface area contributed by atoms with Crippen LogP contribution in [0.15, 0.2) is 35.4 Å². The summed E-state index contributed by atoms with van der Waals surface area (Å²) in [5.74, 6) is -2.49. The van der Waals surface area contributed by atoms with Gasteiger partial charge < -0.3 is 35.5 Å². The third kappa shape index (κ3) is 9.47. The van der Waals surface area contributed by atoms with E-state index in [0.29, 0.717) is 18.4 Å². The van der Waals surface area contributed by atoms with Crippen molar-refractivity contribution in [2.45, 2.75) is 84.0 Å². The van der Waals surface area contributed by atoms with Crippen LogP contribution in [0.1, 0.15) is 58.1 Å². The minimum Gasteiger partial charge on any atom is -0.507 e.